The highest BCUT2D eigenvalue weighted by Gasteiger charge is 2.42. The summed E-state index contributed by atoms with van der Waals surface area (Å²) in [5.41, 5.74) is 14.3. The molecule has 2 atom stereocenters. The number of likely N-dealkylation sites (tertiary alicyclic amines) is 2. The van der Waals surface area contributed by atoms with E-state index < -0.39 is 11.2 Å². The summed E-state index contributed by atoms with van der Waals surface area (Å²) in [5.74, 6) is 0. The summed E-state index contributed by atoms with van der Waals surface area (Å²) in [6.07, 6.45) is 13.7. The van der Waals surface area contributed by atoms with Gasteiger partial charge in [-0.1, -0.05) is 43.5 Å². The average Bonchev–Trinajstić information content (AvgIpc) is 3.97. The van der Waals surface area contributed by atoms with Gasteiger partial charge in [-0.3, -0.25) is 19.8 Å². The molecule has 6 aliphatic rings. The Morgan fingerprint density at radius 3 is 1.50 bits per heavy atom. The van der Waals surface area contributed by atoms with E-state index in [-0.39, 0.29) is 24.3 Å². The largest absolute Gasteiger partial charge is 0.444 e. The summed E-state index contributed by atoms with van der Waals surface area (Å²) < 4.78 is 11.6. The first-order valence-electron chi connectivity index (χ1n) is 21.3. The minimum absolute atomic E-state index is 0.00809. The van der Waals surface area contributed by atoms with E-state index in [0.29, 0.717) is 18.5 Å². The molecule has 8 nitrogen and oxygen atoms in total. The van der Waals surface area contributed by atoms with Gasteiger partial charge >= 0.3 is 12.2 Å². The maximum atomic E-state index is 13.1. The van der Waals surface area contributed by atoms with Gasteiger partial charge in [0.25, 0.3) is 0 Å². The fourth-order valence-electron chi connectivity index (χ4n) is 10.6. The predicted molar refractivity (Wildman–Crippen MR) is 224 cm³/mol. The van der Waals surface area contributed by atoms with Gasteiger partial charge in [0.15, 0.2) is 0 Å². The second-order valence-corrected chi connectivity index (χ2v) is 19.4. The molecule has 3 aromatic rings. The average molecular weight is 755 g/mol. The van der Waals surface area contributed by atoms with Gasteiger partial charge in [0.2, 0.25) is 0 Å². The number of hydrogen-bond donors (Lipinski definition) is 0. The summed E-state index contributed by atoms with van der Waals surface area (Å²) in [6, 6.07) is 18.4. The van der Waals surface area contributed by atoms with E-state index in [0.717, 1.165) is 74.2 Å². The second-order valence-electron chi connectivity index (χ2n) is 19.4. The summed E-state index contributed by atoms with van der Waals surface area (Å²) in [6.45, 7) is 13.0. The molecule has 0 radical (unpaired) electrons. The molecule has 56 heavy (non-hydrogen) atoms. The number of amides is 2. The minimum Gasteiger partial charge on any atom is -0.444 e. The number of nitrogens with zero attached hydrogens (tertiary/aromatic N) is 4. The Balaban J connectivity index is 0.983. The lowest BCUT2D eigenvalue weighted by molar-refractivity contribution is 0.0254. The maximum Gasteiger partial charge on any atom is 0.410 e. The number of rotatable bonds is 4. The molecule has 0 unspecified atom stereocenters. The normalized spacial score (nSPS) is 22.5. The van der Waals surface area contributed by atoms with Crippen molar-refractivity contribution in [1.82, 2.24) is 9.80 Å². The van der Waals surface area contributed by atoms with Gasteiger partial charge < -0.3 is 9.47 Å². The van der Waals surface area contributed by atoms with Crippen molar-refractivity contribution >= 4 is 35.0 Å². The fraction of sp³-hybridized carbons (Fsp3) is 0.542. The van der Waals surface area contributed by atoms with E-state index in [9.17, 15) is 9.59 Å². The molecule has 1 spiro atoms. The monoisotopic (exact) mass is 754 g/mol. The van der Waals surface area contributed by atoms with Crippen LogP contribution in [-0.4, -0.2) is 69.8 Å². The number of ether oxygens (including phenoxy) is 2. The highest BCUT2D eigenvalue weighted by Crippen LogP contribution is 2.52. The van der Waals surface area contributed by atoms with E-state index >= 15 is 0 Å². The van der Waals surface area contributed by atoms with Crippen molar-refractivity contribution in [2.75, 3.05) is 13.1 Å². The third-order valence-corrected chi connectivity index (χ3v) is 13.0. The molecule has 2 amide bonds. The first-order valence-corrected chi connectivity index (χ1v) is 21.3. The molecule has 3 fully saturated rings. The minimum atomic E-state index is -0.522. The van der Waals surface area contributed by atoms with Crippen LogP contribution >= 0.6 is 0 Å². The molecule has 0 bridgehead atoms. The van der Waals surface area contributed by atoms with Gasteiger partial charge in [-0.2, -0.15) is 0 Å². The van der Waals surface area contributed by atoms with Crippen molar-refractivity contribution in [1.29, 1.82) is 0 Å². The topological polar surface area (TPSA) is 83.8 Å². The van der Waals surface area contributed by atoms with Crippen molar-refractivity contribution in [2.24, 2.45) is 15.4 Å². The zero-order valence-corrected chi connectivity index (χ0v) is 34.3. The molecule has 0 N–H and O–H groups in total. The van der Waals surface area contributed by atoms with Crippen LogP contribution in [0.2, 0.25) is 0 Å². The third-order valence-electron chi connectivity index (χ3n) is 13.0. The smallest absolute Gasteiger partial charge is 0.410 e. The van der Waals surface area contributed by atoms with E-state index in [1.54, 1.807) is 0 Å². The Kier molecular flexibility index (Phi) is 9.20. The van der Waals surface area contributed by atoms with Crippen LogP contribution in [0.3, 0.4) is 0 Å². The van der Waals surface area contributed by atoms with Crippen molar-refractivity contribution in [3.05, 3.63) is 70.8 Å². The van der Waals surface area contributed by atoms with Gasteiger partial charge in [-0.15, -0.1) is 0 Å². The van der Waals surface area contributed by atoms with Crippen LogP contribution in [0.25, 0.3) is 22.3 Å². The Labute approximate surface area is 332 Å². The number of aliphatic imine (C=N–C) groups is 2. The molecule has 9 rings (SSSR count). The molecule has 2 saturated heterocycles. The van der Waals surface area contributed by atoms with Gasteiger partial charge in [0.05, 0.1) is 23.5 Å². The summed E-state index contributed by atoms with van der Waals surface area (Å²) in [5, 5.41) is 0. The quantitative estimate of drug-likeness (QED) is 0.265. The molecular formula is C48H58N4O4. The summed E-state index contributed by atoms with van der Waals surface area (Å²) >= 11 is 0. The molecule has 0 aromatic heterocycles. The number of carbonyl (C=O) groups is 2. The molecule has 1 saturated carbocycles. The van der Waals surface area contributed by atoms with Crippen LogP contribution < -0.4 is 0 Å². The molecular weight excluding hydrogens is 697 g/mol. The van der Waals surface area contributed by atoms with Gasteiger partial charge in [0.1, 0.15) is 11.2 Å². The SMILES string of the molecule is CC(C)(C)OC(=O)N1CCC[C@H]1C1=Nc2ccc(-c3ccc(-c4ccc5c(c4)CC([C@@H]4CCCN4C(=O)OC(C)(C)C)=N5)c4c3CC3(CCCCC3)C4)cc2C1. The van der Waals surface area contributed by atoms with Crippen molar-refractivity contribution < 1.29 is 19.1 Å². The highest BCUT2D eigenvalue weighted by atomic mass is 16.6. The third kappa shape index (κ3) is 7.06. The molecule has 3 aromatic carbocycles. The molecule has 4 heterocycles. The number of hydrogen-bond acceptors (Lipinski definition) is 6. The van der Waals surface area contributed by atoms with Crippen LogP contribution in [0.15, 0.2) is 58.5 Å². The van der Waals surface area contributed by atoms with Crippen LogP contribution in [0.5, 0.6) is 0 Å². The zero-order valence-electron chi connectivity index (χ0n) is 34.3. The van der Waals surface area contributed by atoms with Crippen molar-refractivity contribution in [3.8, 4) is 22.3 Å². The van der Waals surface area contributed by atoms with Crippen LogP contribution in [0.4, 0.5) is 21.0 Å². The first kappa shape index (κ1) is 37.1. The van der Waals surface area contributed by atoms with Crippen LogP contribution in [-0.2, 0) is 35.2 Å². The zero-order chi connectivity index (χ0) is 39.0. The number of benzene rings is 3. The Morgan fingerprint density at radius 2 is 1.07 bits per heavy atom. The predicted octanol–water partition coefficient (Wildman–Crippen LogP) is 11.1. The molecule has 4 aliphatic heterocycles. The van der Waals surface area contributed by atoms with Crippen molar-refractivity contribution in [3.63, 3.8) is 0 Å². The summed E-state index contributed by atoms with van der Waals surface area (Å²) in [7, 11) is 0. The first-order chi connectivity index (χ1) is 26.7. The number of carbonyl (C=O) groups excluding carboxylic acids is 2. The van der Waals surface area contributed by atoms with Crippen LogP contribution in [0.1, 0.15) is 122 Å². The number of fused-ring (bicyclic) bond motifs is 3. The Bertz CT molecular complexity index is 2000. The highest BCUT2D eigenvalue weighted by molar-refractivity contribution is 6.01. The van der Waals surface area contributed by atoms with Crippen LogP contribution in [0, 0.1) is 5.41 Å². The Hall–Kier alpha value is -4.46. The van der Waals surface area contributed by atoms with E-state index in [1.807, 2.05) is 51.3 Å². The molecule has 2 aliphatic carbocycles. The lowest BCUT2D eigenvalue weighted by Gasteiger charge is -2.33. The fourth-order valence-corrected chi connectivity index (χ4v) is 10.6. The molecule has 294 valence electrons. The van der Waals surface area contributed by atoms with E-state index in [2.05, 4.69) is 48.5 Å². The van der Waals surface area contributed by atoms with E-state index in [1.165, 1.54) is 76.6 Å². The summed E-state index contributed by atoms with van der Waals surface area (Å²) in [4.78, 5) is 40.3. The molecule has 8 heteroatoms. The van der Waals surface area contributed by atoms with Gasteiger partial charge in [0, 0.05) is 37.4 Å². The second kappa shape index (κ2) is 13.9. The van der Waals surface area contributed by atoms with Crippen molar-refractivity contribution in [2.45, 2.75) is 148 Å². The van der Waals surface area contributed by atoms with Gasteiger partial charge in [-0.25, -0.2) is 9.59 Å². The standard InChI is InChI=1S/C48H58N4O4/c1-46(2,3)55-44(53)51-22-10-12-42(51)40-26-32-24-30(14-18-38(32)49-40)34-16-17-35(37-29-48(28-36(34)37)20-8-7-9-21-48)31-15-19-39-33(25-31)27-41(50-39)43-13-11-23-52(43)45(54)56-47(4,5)6/h14-19,24-25,42-43H,7-13,20-23,26-29H2,1-6H3/t42-,43-/m0/s1. The van der Waals surface area contributed by atoms with E-state index in [4.69, 9.17) is 19.5 Å². The Morgan fingerprint density at radius 1 is 0.625 bits per heavy atom. The van der Waals surface area contributed by atoms with Gasteiger partial charge in [-0.05, 0) is 167 Å². The lowest BCUT2D eigenvalue weighted by atomic mass is 9.72. The lowest BCUT2D eigenvalue weighted by Crippen LogP contribution is -2.43. The maximum absolute atomic E-state index is 13.1.